The molecule has 0 aliphatic rings. The van der Waals surface area contributed by atoms with Gasteiger partial charge >= 0.3 is 0 Å². The zero-order chi connectivity index (χ0) is 16.2. The maximum absolute atomic E-state index is 13.5. The number of hydrogen-bond acceptors (Lipinski definition) is 3. The number of halogens is 1. The Morgan fingerprint density at radius 3 is 2.41 bits per heavy atom. The quantitative estimate of drug-likeness (QED) is 0.921. The van der Waals surface area contributed by atoms with Crippen LogP contribution in [0.25, 0.3) is 0 Å². The number of rotatable bonds is 5. The average molecular weight is 321 g/mol. The second-order valence-electron chi connectivity index (χ2n) is 4.91. The number of hydrogen-bond donors (Lipinski definition) is 1. The van der Waals surface area contributed by atoms with E-state index in [-0.39, 0.29) is 35.1 Å². The lowest BCUT2D eigenvalue weighted by molar-refractivity contribution is -0.116. The van der Waals surface area contributed by atoms with Crippen molar-refractivity contribution in [2.45, 2.75) is 17.7 Å². The van der Waals surface area contributed by atoms with Crippen LogP contribution in [0.1, 0.15) is 12.0 Å². The molecule has 2 aromatic rings. The molecule has 22 heavy (non-hydrogen) atoms. The van der Waals surface area contributed by atoms with E-state index in [0.717, 1.165) is 6.26 Å². The molecule has 1 amide bonds. The van der Waals surface area contributed by atoms with Crippen LogP contribution in [-0.2, 0) is 21.1 Å². The summed E-state index contributed by atoms with van der Waals surface area (Å²) in [7, 11) is -3.43. The van der Waals surface area contributed by atoms with Gasteiger partial charge in [0, 0.05) is 12.7 Å². The van der Waals surface area contributed by atoms with Gasteiger partial charge in [0.25, 0.3) is 0 Å². The van der Waals surface area contributed by atoms with Crippen molar-refractivity contribution < 1.29 is 17.6 Å². The lowest BCUT2D eigenvalue weighted by Crippen LogP contribution is -2.15. The van der Waals surface area contributed by atoms with Crippen molar-refractivity contribution in [2.75, 3.05) is 11.6 Å². The van der Waals surface area contributed by atoms with Gasteiger partial charge < -0.3 is 5.32 Å². The molecule has 0 saturated carbocycles. The van der Waals surface area contributed by atoms with Crippen LogP contribution in [0.15, 0.2) is 53.4 Å². The smallest absolute Gasteiger partial charge is 0.224 e. The number of carbonyl (C=O) groups is 1. The first-order valence-corrected chi connectivity index (χ1v) is 8.59. The van der Waals surface area contributed by atoms with Gasteiger partial charge in [-0.1, -0.05) is 30.3 Å². The van der Waals surface area contributed by atoms with E-state index in [4.69, 9.17) is 0 Å². The minimum Gasteiger partial charge on any atom is -0.325 e. The Morgan fingerprint density at radius 1 is 1.09 bits per heavy atom. The van der Waals surface area contributed by atoms with Gasteiger partial charge in [0.15, 0.2) is 9.84 Å². The number of sulfone groups is 1. The largest absolute Gasteiger partial charge is 0.325 e. The van der Waals surface area contributed by atoms with Crippen LogP contribution in [0, 0.1) is 5.82 Å². The third kappa shape index (κ3) is 4.14. The molecule has 2 aromatic carbocycles. The Balaban J connectivity index is 2.06. The molecule has 0 radical (unpaired) electrons. The molecule has 116 valence electrons. The molecule has 0 spiro atoms. The molecular formula is C16H16FNO3S. The summed E-state index contributed by atoms with van der Waals surface area (Å²) in [6.07, 6.45) is 1.40. The number of aryl methyl sites for hydroxylation is 1. The Kier molecular flexibility index (Phi) is 4.92. The molecule has 0 saturated heterocycles. The van der Waals surface area contributed by atoms with Gasteiger partial charge in [-0.2, -0.15) is 0 Å². The highest BCUT2D eigenvalue weighted by Gasteiger charge is 2.14. The maximum Gasteiger partial charge on any atom is 0.224 e. The van der Waals surface area contributed by atoms with Crippen molar-refractivity contribution in [1.29, 1.82) is 0 Å². The Hall–Kier alpha value is -2.21. The molecule has 2 rings (SSSR count). The summed E-state index contributed by atoms with van der Waals surface area (Å²) in [6.45, 7) is 0. The highest BCUT2D eigenvalue weighted by atomic mass is 32.2. The first-order chi connectivity index (χ1) is 10.4. The molecule has 0 heterocycles. The van der Waals surface area contributed by atoms with Gasteiger partial charge in [-0.3, -0.25) is 4.79 Å². The number of nitrogens with one attached hydrogen (secondary N) is 1. The number of benzene rings is 2. The molecule has 0 fully saturated rings. The highest BCUT2D eigenvalue weighted by Crippen LogP contribution is 2.21. The van der Waals surface area contributed by atoms with Crippen LogP contribution in [-0.4, -0.2) is 20.6 Å². The normalized spacial score (nSPS) is 11.2. The predicted molar refractivity (Wildman–Crippen MR) is 82.9 cm³/mol. The van der Waals surface area contributed by atoms with Gasteiger partial charge in [0.1, 0.15) is 5.82 Å². The lowest BCUT2D eigenvalue weighted by atomic mass is 10.1. The molecule has 4 nitrogen and oxygen atoms in total. The number of amides is 1. The van der Waals surface area contributed by atoms with E-state index >= 15 is 0 Å². The minimum atomic E-state index is -3.43. The number of anilines is 1. The molecule has 0 aromatic heterocycles. The van der Waals surface area contributed by atoms with E-state index in [0.29, 0.717) is 5.56 Å². The van der Waals surface area contributed by atoms with Crippen LogP contribution in [0.2, 0.25) is 0 Å². The Bertz CT molecular complexity index is 787. The molecule has 0 unspecified atom stereocenters. The monoisotopic (exact) mass is 321 g/mol. The third-order valence-electron chi connectivity index (χ3n) is 3.14. The molecule has 6 heteroatoms. The van der Waals surface area contributed by atoms with E-state index in [2.05, 4.69) is 5.32 Å². The van der Waals surface area contributed by atoms with Crippen molar-refractivity contribution >= 4 is 21.4 Å². The van der Waals surface area contributed by atoms with E-state index in [9.17, 15) is 17.6 Å². The fourth-order valence-corrected chi connectivity index (χ4v) is 2.90. The first kappa shape index (κ1) is 16.2. The third-order valence-corrected chi connectivity index (χ3v) is 4.29. The van der Waals surface area contributed by atoms with Crippen LogP contribution < -0.4 is 5.32 Å². The van der Waals surface area contributed by atoms with Gasteiger partial charge in [-0.05, 0) is 30.2 Å². The topological polar surface area (TPSA) is 63.2 Å². The zero-order valence-electron chi connectivity index (χ0n) is 12.0. The first-order valence-electron chi connectivity index (χ1n) is 6.70. The van der Waals surface area contributed by atoms with Crippen LogP contribution in [0.5, 0.6) is 0 Å². The van der Waals surface area contributed by atoms with E-state index in [1.54, 1.807) is 30.3 Å². The average Bonchev–Trinajstić information content (AvgIpc) is 2.46. The summed E-state index contributed by atoms with van der Waals surface area (Å²) in [6, 6.07) is 12.4. The maximum atomic E-state index is 13.5. The minimum absolute atomic E-state index is 0.0641. The van der Waals surface area contributed by atoms with Crippen molar-refractivity contribution in [3.8, 4) is 0 Å². The fraction of sp³-hybridized carbons (Fsp3) is 0.188. The Labute approximate surface area is 128 Å². The standard InChI is InChI=1S/C16H16FNO3S/c1-22(20,21)15-9-5-4-8-14(15)18-16(19)11-10-12-6-2-3-7-13(12)17/h2-9H,10-11H2,1H3,(H,18,19). The zero-order valence-corrected chi connectivity index (χ0v) is 12.9. The van der Waals surface area contributed by atoms with E-state index < -0.39 is 9.84 Å². The summed E-state index contributed by atoms with van der Waals surface area (Å²) in [5.41, 5.74) is 0.692. The summed E-state index contributed by atoms with van der Waals surface area (Å²) in [4.78, 5) is 12.0. The predicted octanol–water partition coefficient (Wildman–Crippen LogP) is 2.80. The van der Waals surface area contributed by atoms with Crippen LogP contribution in [0.4, 0.5) is 10.1 Å². The SMILES string of the molecule is CS(=O)(=O)c1ccccc1NC(=O)CCc1ccccc1F. The Morgan fingerprint density at radius 2 is 1.73 bits per heavy atom. The van der Waals surface area contributed by atoms with Crippen molar-refractivity contribution in [3.63, 3.8) is 0 Å². The van der Waals surface area contributed by atoms with E-state index in [1.165, 1.54) is 18.2 Å². The molecule has 0 atom stereocenters. The summed E-state index contributed by atoms with van der Waals surface area (Å²) < 4.78 is 36.8. The van der Waals surface area contributed by atoms with Gasteiger partial charge in [-0.15, -0.1) is 0 Å². The van der Waals surface area contributed by atoms with Crippen molar-refractivity contribution in [3.05, 3.63) is 59.9 Å². The molecule has 1 N–H and O–H groups in total. The highest BCUT2D eigenvalue weighted by molar-refractivity contribution is 7.90. The molecule has 0 aliphatic carbocycles. The summed E-state index contributed by atoms with van der Waals surface area (Å²) in [5, 5.41) is 2.57. The number of carbonyl (C=O) groups excluding carboxylic acids is 1. The van der Waals surface area contributed by atoms with Crippen LogP contribution >= 0.6 is 0 Å². The second-order valence-corrected chi connectivity index (χ2v) is 6.89. The molecular weight excluding hydrogens is 305 g/mol. The van der Waals surface area contributed by atoms with E-state index in [1.807, 2.05) is 0 Å². The van der Waals surface area contributed by atoms with Gasteiger partial charge in [0.2, 0.25) is 5.91 Å². The molecule has 0 bridgehead atoms. The number of para-hydroxylation sites is 1. The van der Waals surface area contributed by atoms with Crippen molar-refractivity contribution in [2.24, 2.45) is 0 Å². The molecule has 0 aliphatic heterocycles. The second kappa shape index (κ2) is 6.70. The summed E-state index contributed by atoms with van der Waals surface area (Å²) >= 11 is 0. The van der Waals surface area contributed by atoms with Gasteiger partial charge in [-0.25, -0.2) is 12.8 Å². The lowest BCUT2D eigenvalue weighted by Gasteiger charge is -2.09. The fourth-order valence-electron chi connectivity index (χ4n) is 2.06. The van der Waals surface area contributed by atoms with Gasteiger partial charge in [0.05, 0.1) is 10.6 Å². The van der Waals surface area contributed by atoms with Crippen LogP contribution in [0.3, 0.4) is 0 Å². The summed E-state index contributed by atoms with van der Waals surface area (Å²) in [5.74, 6) is -0.716. The van der Waals surface area contributed by atoms with Crippen molar-refractivity contribution in [1.82, 2.24) is 0 Å².